The van der Waals surface area contributed by atoms with Crippen molar-refractivity contribution in [2.75, 3.05) is 0 Å². The van der Waals surface area contributed by atoms with Crippen molar-refractivity contribution in [3.05, 3.63) is 205 Å². The zero-order valence-corrected chi connectivity index (χ0v) is 31.0. The predicted octanol–water partition coefficient (Wildman–Crippen LogP) is 13.5. The summed E-state index contributed by atoms with van der Waals surface area (Å²) in [6, 6.07) is 66.2. The van der Waals surface area contributed by atoms with Gasteiger partial charge < -0.3 is 9.73 Å². The minimum Gasteiger partial charge on any atom is -0.455 e. The van der Waals surface area contributed by atoms with Crippen LogP contribution in [0, 0.1) is 0 Å². The number of benzene rings is 8. The molecule has 56 heavy (non-hydrogen) atoms. The summed E-state index contributed by atoms with van der Waals surface area (Å²) >= 11 is 1.83. The summed E-state index contributed by atoms with van der Waals surface area (Å²) in [6.45, 7) is 0. The maximum atomic E-state index is 7.19. The number of amidine groups is 2. The molecule has 1 atom stereocenters. The Morgan fingerprint density at radius 1 is 0.446 bits per heavy atom. The topological polar surface area (TPSA) is 49.9 Å². The molecule has 4 nitrogen and oxygen atoms in total. The predicted molar refractivity (Wildman–Crippen MR) is 235 cm³/mol. The zero-order valence-electron chi connectivity index (χ0n) is 30.2. The molecule has 1 aliphatic rings. The first-order chi connectivity index (χ1) is 27.7. The molecule has 0 bridgehead atoms. The molecule has 0 radical (unpaired) electrons. The number of aliphatic imine (C=N–C) groups is 2. The summed E-state index contributed by atoms with van der Waals surface area (Å²) in [7, 11) is 0. The van der Waals surface area contributed by atoms with Crippen LogP contribution < -0.4 is 5.32 Å². The fraction of sp³-hybridized carbons (Fsp3) is 0.0196. The van der Waals surface area contributed by atoms with E-state index in [-0.39, 0.29) is 6.17 Å². The number of fused-ring (bicyclic) bond motifs is 6. The van der Waals surface area contributed by atoms with Gasteiger partial charge >= 0.3 is 0 Å². The quantitative estimate of drug-likeness (QED) is 0.185. The minimum atomic E-state index is -0.322. The highest BCUT2D eigenvalue weighted by Gasteiger charge is 2.26. The largest absolute Gasteiger partial charge is 0.455 e. The number of thiophene rings is 1. The van der Waals surface area contributed by atoms with Gasteiger partial charge in [0.05, 0.1) is 0 Å². The number of furan rings is 1. The highest BCUT2D eigenvalue weighted by molar-refractivity contribution is 7.25. The van der Waals surface area contributed by atoms with E-state index in [1.54, 1.807) is 0 Å². The molecule has 0 saturated carbocycles. The van der Waals surface area contributed by atoms with E-state index >= 15 is 0 Å². The van der Waals surface area contributed by atoms with Gasteiger partial charge in [0.25, 0.3) is 0 Å². The number of hydrogen-bond donors (Lipinski definition) is 1. The van der Waals surface area contributed by atoms with Gasteiger partial charge in [-0.1, -0.05) is 152 Å². The Kier molecular flexibility index (Phi) is 7.71. The van der Waals surface area contributed by atoms with Gasteiger partial charge in [0, 0.05) is 53.2 Å². The summed E-state index contributed by atoms with van der Waals surface area (Å²) in [4.78, 5) is 10.5. The molecule has 0 aliphatic carbocycles. The van der Waals surface area contributed by atoms with Crippen molar-refractivity contribution in [1.82, 2.24) is 5.32 Å². The lowest BCUT2D eigenvalue weighted by atomic mass is 9.94. The molecule has 1 unspecified atom stereocenters. The van der Waals surface area contributed by atoms with E-state index in [2.05, 4.69) is 169 Å². The first kappa shape index (κ1) is 32.4. The highest BCUT2D eigenvalue weighted by atomic mass is 32.1. The van der Waals surface area contributed by atoms with E-state index in [1.165, 1.54) is 25.7 Å². The van der Waals surface area contributed by atoms with Crippen LogP contribution in [0.25, 0.3) is 75.5 Å². The third-order valence-electron chi connectivity index (χ3n) is 10.8. The summed E-state index contributed by atoms with van der Waals surface area (Å²) in [6.07, 6.45) is -0.322. The van der Waals surface area contributed by atoms with Crippen molar-refractivity contribution in [1.29, 1.82) is 0 Å². The van der Waals surface area contributed by atoms with E-state index in [4.69, 9.17) is 14.4 Å². The molecule has 5 heteroatoms. The van der Waals surface area contributed by atoms with Crippen LogP contribution in [-0.2, 0) is 0 Å². The number of nitrogens with one attached hydrogen (secondary N) is 1. The molecular weight excluding hydrogens is 703 g/mol. The molecular formula is C51H33N3OS. The standard InChI is InChI=1S/C51H33N3OS/c1-4-14-32(15-5-1)35-20-12-21-36(30-35)39-27-28-42(51-53-49(33-16-6-2-7-17-33)52-50(54-51)34-18-8-3-9-19-34)46-41-24-13-23-38(47(41)55-48(39)46)37-26-29-45-43(31-37)40-22-10-11-25-44(40)56-45/h1-31,49H,(H,52,53,54). The Labute approximate surface area is 327 Å². The molecule has 0 spiro atoms. The molecule has 2 aromatic heterocycles. The second-order valence-electron chi connectivity index (χ2n) is 14.1. The van der Waals surface area contributed by atoms with Crippen LogP contribution in [0.15, 0.2) is 202 Å². The van der Waals surface area contributed by atoms with Crippen LogP contribution in [0.3, 0.4) is 0 Å². The van der Waals surface area contributed by atoms with Gasteiger partial charge in [-0.05, 0) is 64.2 Å². The monoisotopic (exact) mass is 735 g/mol. The zero-order chi connectivity index (χ0) is 37.0. The lowest BCUT2D eigenvalue weighted by molar-refractivity contribution is 0.670. The molecule has 264 valence electrons. The van der Waals surface area contributed by atoms with Gasteiger partial charge in [-0.3, -0.25) is 0 Å². The van der Waals surface area contributed by atoms with Crippen LogP contribution in [0.5, 0.6) is 0 Å². The van der Waals surface area contributed by atoms with E-state index in [0.717, 1.165) is 72.3 Å². The van der Waals surface area contributed by atoms with Crippen LogP contribution in [0.4, 0.5) is 0 Å². The Morgan fingerprint density at radius 3 is 1.91 bits per heavy atom. The number of nitrogens with zero attached hydrogens (tertiary/aromatic N) is 2. The van der Waals surface area contributed by atoms with Gasteiger partial charge in [0.2, 0.25) is 0 Å². The average molecular weight is 736 g/mol. The van der Waals surface area contributed by atoms with Gasteiger partial charge in [-0.2, -0.15) is 0 Å². The Hall–Kier alpha value is -7.08. The Balaban J connectivity index is 1.17. The maximum absolute atomic E-state index is 7.19. The molecule has 1 N–H and O–H groups in total. The molecule has 0 saturated heterocycles. The van der Waals surface area contributed by atoms with Crippen LogP contribution >= 0.6 is 11.3 Å². The molecule has 0 fully saturated rings. The second-order valence-corrected chi connectivity index (χ2v) is 15.2. The Bertz CT molecular complexity index is 3160. The fourth-order valence-corrected chi connectivity index (χ4v) is 9.14. The number of hydrogen-bond acceptors (Lipinski definition) is 5. The van der Waals surface area contributed by atoms with Gasteiger partial charge in [-0.15, -0.1) is 11.3 Å². The smallest absolute Gasteiger partial charge is 0.160 e. The summed E-state index contributed by atoms with van der Waals surface area (Å²) < 4.78 is 9.76. The third kappa shape index (κ3) is 5.52. The average Bonchev–Trinajstić information content (AvgIpc) is 3.86. The van der Waals surface area contributed by atoms with Crippen molar-refractivity contribution in [3.8, 4) is 33.4 Å². The summed E-state index contributed by atoms with van der Waals surface area (Å²) in [5.41, 5.74) is 11.2. The summed E-state index contributed by atoms with van der Waals surface area (Å²) in [5, 5.41) is 8.17. The molecule has 11 rings (SSSR count). The minimum absolute atomic E-state index is 0.322. The van der Waals surface area contributed by atoms with Crippen molar-refractivity contribution in [3.63, 3.8) is 0 Å². The van der Waals surface area contributed by atoms with Crippen molar-refractivity contribution >= 4 is 65.1 Å². The van der Waals surface area contributed by atoms with E-state index in [1.807, 2.05) is 35.6 Å². The first-order valence-corrected chi connectivity index (χ1v) is 19.7. The SMILES string of the molecule is c1ccc(C2=NC(c3ccc(-c4cccc(-c5ccccc5)c4)c4oc5c(-c6ccc7sc8ccccc8c7c6)cccc5c34)=NC(c3ccccc3)N2)cc1. The highest BCUT2D eigenvalue weighted by Crippen LogP contribution is 2.44. The van der Waals surface area contributed by atoms with Gasteiger partial charge in [0.15, 0.2) is 5.84 Å². The van der Waals surface area contributed by atoms with Crippen LogP contribution in [-0.4, -0.2) is 11.7 Å². The number of para-hydroxylation sites is 1. The molecule has 1 aliphatic heterocycles. The normalized spacial score (nSPS) is 14.2. The Morgan fingerprint density at radius 2 is 1.07 bits per heavy atom. The molecule has 8 aromatic carbocycles. The molecule has 3 heterocycles. The van der Waals surface area contributed by atoms with Crippen molar-refractivity contribution in [2.24, 2.45) is 9.98 Å². The van der Waals surface area contributed by atoms with Crippen molar-refractivity contribution in [2.45, 2.75) is 6.17 Å². The van der Waals surface area contributed by atoms with Crippen LogP contribution in [0.2, 0.25) is 0 Å². The van der Waals surface area contributed by atoms with E-state index < -0.39 is 0 Å². The second kappa shape index (κ2) is 13.3. The lowest BCUT2D eigenvalue weighted by Gasteiger charge is -2.24. The van der Waals surface area contributed by atoms with E-state index in [9.17, 15) is 0 Å². The van der Waals surface area contributed by atoms with E-state index in [0.29, 0.717) is 5.84 Å². The van der Waals surface area contributed by atoms with Crippen molar-refractivity contribution < 1.29 is 4.42 Å². The fourth-order valence-electron chi connectivity index (χ4n) is 8.05. The van der Waals surface area contributed by atoms with Gasteiger partial charge in [0.1, 0.15) is 23.2 Å². The number of rotatable bonds is 6. The maximum Gasteiger partial charge on any atom is 0.160 e. The molecule has 10 aromatic rings. The first-order valence-electron chi connectivity index (χ1n) is 18.8. The summed E-state index contributed by atoms with van der Waals surface area (Å²) in [5.74, 6) is 1.44. The molecule has 0 amide bonds. The lowest BCUT2D eigenvalue weighted by Crippen LogP contribution is -2.33. The van der Waals surface area contributed by atoms with Gasteiger partial charge in [-0.25, -0.2) is 9.98 Å². The third-order valence-corrected chi connectivity index (χ3v) is 11.9. The van der Waals surface area contributed by atoms with Crippen LogP contribution in [0.1, 0.15) is 22.9 Å².